The lowest BCUT2D eigenvalue weighted by molar-refractivity contribution is -0.117. The highest BCUT2D eigenvalue weighted by molar-refractivity contribution is 5.85. The summed E-state index contributed by atoms with van der Waals surface area (Å²) in [7, 11) is 1.75. The number of rotatable bonds is 3. The fourth-order valence-corrected chi connectivity index (χ4v) is 2.07. The molecule has 1 unspecified atom stereocenters. The topological polar surface area (TPSA) is 53.5 Å². The molecular formula is C12H15N3O2. The van der Waals surface area contributed by atoms with Crippen LogP contribution in [0.15, 0.2) is 24.5 Å². The van der Waals surface area contributed by atoms with Gasteiger partial charge in [0.25, 0.3) is 0 Å². The largest absolute Gasteiger partial charge is 0.320 e. The molecule has 2 heterocycles. The molecule has 0 aliphatic carbocycles. The highest BCUT2D eigenvalue weighted by atomic mass is 16.2. The Balaban J connectivity index is 2.17. The average Bonchev–Trinajstić information content (AvgIpc) is 2.58. The fraction of sp³-hybridized carbons (Fsp3) is 0.417. The second-order valence-electron chi connectivity index (χ2n) is 4.28. The summed E-state index contributed by atoms with van der Waals surface area (Å²) in [5.74, 6) is -0.00131. The first-order chi connectivity index (χ1) is 8.09. The number of amides is 2. The molecule has 0 aromatic carbocycles. The van der Waals surface area contributed by atoms with Gasteiger partial charge in [0, 0.05) is 26.0 Å². The molecule has 1 saturated heterocycles. The van der Waals surface area contributed by atoms with Gasteiger partial charge < -0.3 is 9.80 Å². The van der Waals surface area contributed by atoms with E-state index in [9.17, 15) is 9.59 Å². The minimum absolute atomic E-state index is 0.00131. The van der Waals surface area contributed by atoms with E-state index in [0.29, 0.717) is 6.54 Å². The lowest BCUT2D eigenvalue weighted by Crippen LogP contribution is -2.32. The Morgan fingerprint density at radius 1 is 1.59 bits per heavy atom. The van der Waals surface area contributed by atoms with Crippen LogP contribution < -0.4 is 0 Å². The summed E-state index contributed by atoms with van der Waals surface area (Å²) in [5, 5.41) is 0. The number of hydrogen-bond donors (Lipinski definition) is 0. The van der Waals surface area contributed by atoms with Crippen LogP contribution in [0.5, 0.6) is 0 Å². The Morgan fingerprint density at radius 2 is 2.35 bits per heavy atom. The molecule has 0 bridgehead atoms. The Morgan fingerprint density at radius 3 is 2.94 bits per heavy atom. The lowest BCUT2D eigenvalue weighted by Gasteiger charge is -2.17. The summed E-state index contributed by atoms with van der Waals surface area (Å²) in [5.41, 5.74) is 0.995. The molecule has 0 N–H and O–H groups in total. The third kappa shape index (κ3) is 2.27. The van der Waals surface area contributed by atoms with E-state index in [4.69, 9.17) is 0 Å². The molecule has 5 nitrogen and oxygen atoms in total. The van der Waals surface area contributed by atoms with E-state index in [-0.39, 0.29) is 24.4 Å². The van der Waals surface area contributed by atoms with E-state index >= 15 is 0 Å². The summed E-state index contributed by atoms with van der Waals surface area (Å²) in [6.07, 6.45) is 3.46. The predicted octanol–water partition coefficient (Wildman–Crippen LogP) is 1.08. The van der Waals surface area contributed by atoms with Crippen molar-refractivity contribution < 1.29 is 9.59 Å². The maximum absolute atomic E-state index is 11.9. The van der Waals surface area contributed by atoms with Crippen molar-refractivity contribution in [2.75, 3.05) is 20.1 Å². The lowest BCUT2D eigenvalue weighted by atomic mass is 10.1. The van der Waals surface area contributed by atoms with Crippen molar-refractivity contribution in [3.63, 3.8) is 0 Å². The van der Waals surface area contributed by atoms with Crippen LogP contribution >= 0.6 is 0 Å². The van der Waals surface area contributed by atoms with E-state index < -0.39 is 0 Å². The third-order valence-electron chi connectivity index (χ3n) is 2.92. The Labute approximate surface area is 100 Å². The number of carbonyl (C=O) groups excluding carboxylic acids is 2. The van der Waals surface area contributed by atoms with Crippen LogP contribution in [0.2, 0.25) is 0 Å². The fourth-order valence-electron chi connectivity index (χ4n) is 2.07. The molecule has 1 aliphatic rings. The minimum Gasteiger partial charge on any atom is -0.319 e. The molecule has 0 radical (unpaired) electrons. The summed E-state index contributed by atoms with van der Waals surface area (Å²) in [6.45, 7) is 2.21. The predicted molar refractivity (Wildman–Crippen MR) is 62.4 cm³/mol. The van der Waals surface area contributed by atoms with Gasteiger partial charge >= 0.3 is 6.03 Å². The molecule has 0 saturated carbocycles. The Kier molecular flexibility index (Phi) is 3.08. The number of nitrogens with zero attached hydrogens (tertiary/aromatic N) is 3. The van der Waals surface area contributed by atoms with Crippen LogP contribution in [0.1, 0.15) is 18.5 Å². The monoisotopic (exact) mass is 233 g/mol. The van der Waals surface area contributed by atoms with E-state index in [1.807, 2.05) is 12.1 Å². The maximum Gasteiger partial charge on any atom is 0.320 e. The number of hydrogen-bond acceptors (Lipinski definition) is 3. The molecular weight excluding hydrogens is 218 g/mol. The van der Waals surface area contributed by atoms with Gasteiger partial charge in [-0.15, -0.1) is 0 Å². The van der Waals surface area contributed by atoms with Gasteiger partial charge in [-0.05, 0) is 18.6 Å². The smallest absolute Gasteiger partial charge is 0.319 e. The van der Waals surface area contributed by atoms with Gasteiger partial charge in [-0.1, -0.05) is 6.07 Å². The van der Waals surface area contributed by atoms with Crippen LogP contribution in [-0.4, -0.2) is 46.7 Å². The molecule has 1 aromatic rings. The minimum atomic E-state index is -0.103. The van der Waals surface area contributed by atoms with Crippen LogP contribution in [0.4, 0.5) is 4.79 Å². The summed E-state index contributed by atoms with van der Waals surface area (Å²) in [6, 6.07) is 3.67. The first-order valence-corrected chi connectivity index (χ1v) is 5.50. The number of urea groups is 1. The maximum atomic E-state index is 11.9. The zero-order valence-electron chi connectivity index (χ0n) is 9.96. The number of aromatic nitrogens is 1. The zero-order chi connectivity index (χ0) is 12.4. The highest BCUT2D eigenvalue weighted by Crippen LogP contribution is 2.27. The molecule has 2 rings (SSSR count). The van der Waals surface area contributed by atoms with Gasteiger partial charge in [0.05, 0.1) is 12.6 Å². The molecule has 5 heteroatoms. The zero-order valence-corrected chi connectivity index (χ0v) is 9.96. The number of likely N-dealkylation sites (N-methyl/N-ethyl adjacent to an activating group) is 1. The van der Waals surface area contributed by atoms with Crippen LogP contribution in [0.25, 0.3) is 0 Å². The van der Waals surface area contributed by atoms with Crippen molar-refractivity contribution in [1.82, 2.24) is 14.8 Å². The van der Waals surface area contributed by atoms with E-state index in [0.717, 1.165) is 5.56 Å². The molecule has 1 fully saturated rings. The van der Waals surface area contributed by atoms with Gasteiger partial charge in [-0.3, -0.25) is 9.78 Å². The number of pyridine rings is 1. The quantitative estimate of drug-likeness (QED) is 0.785. The first-order valence-electron chi connectivity index (χ1n) is 5.50. The average molecular weight is 233 g/mol. The van der Waals surface area contributed by atoms with Gasteiger partial charge in [0.2, 0.25) is 0 Å². The van der Waals surface area contributed by atoms with Crippen molar-refractivity contribution in [3.05, 3.63) is 30.1 Å². The van der Waals surface area contributed by atoms with Crippen LogP contribution in [0.3, 0.4) is 0 Å². The Bertz CT molecular complexity index is 433. The summed E-state index contributed by atoms with van der Waals surface area (Å²) in [4.78, 5) is 30.2. The molecule has 1 atom stereocenters. The molecule has 90 valence electrons. The van der Waals surface area contributed by atoms with Crippen LogP contribution in [0, 0.1) is 0 Å². The van der Waals surface area contributed by atoms with Crippen molar-refractivity contribution >= 4 is 11.8 Å². The molecule has 0 spiro atoms. The summed E-state index contributed by atoms with van der Waals surface area (Å²) >= 11 is 0. The second-order valence-corrected chi connectivity index (χ2v) is 4.28. The first kappa shape index (κ1) is 11.6. The SMILES string of the molecule is CC(=O)CN1CC(c2cccnc2)N(C)C1=O. The number of ketones is 1. The van der Waals surface area contributed by atoms with Crippen LogP contribution in [-0.2, 0) is 4.79 Å². The van der Waals surface area contributed by atoms with Gasteiger partial charge in [0.1, 0.15) is 5.78 Å². The van der Waals surface area contributed by atoms with Gasteiger partial charge in [-0.25, -0.2) is 4.79 Å². The highest BCUT2D eigenvalue weighted by Gasteiger charge is 2.35. The standard InChI is InChI=1S/C12H15N3O2/c1-9(16)7-15-8-11(14(2)12(15)17)10-4-3-5-13-6-10/h3-6,11H,7-8H2,1-2H3. The molecule has 1 aliphatic heterocycles. The van der Waals surface area contributed by atoms with Gasteiger partial charge in [0.15, 0.2) is 0 Å². The van der Waals surface area contributed by atoms with Crippen molar-refractivity contribution in [2.45, 2.75) is 13.0 Å². The summed E-state index contributed by atoms with van der Waals surface area (Å²) < 4.78 is 0. The van der Waals surface area contributed by atoms with Crippen molar-refractivity contribution in [2.24, 2.45) is 0 Å². The number of carbonyl (C=O) groups is 2. The number of Topliss-reactive ketones (excluding diaryl/α,β-unsaturated/α-hetero) is 1. The Hall–Kier alpha value is -1.91. The van der Waals surface area contributed by atoms with Crippen molar-refractivity contribution in [1.29, 1.82) is 0 Å². The van der Waals surface area contributed by atoms with E-state index in [1.165, 1.54) is 6.92 Å². The van der Waals surface area contributed by atoms with E-state index in [2.05, 4.69) is 4.98 Å². The molecule has 1 aromatic heterocycles. The molecule has 17 heavy (non-hydrogen) atoms. The second kappa shape index (κ2) is 4.53. The normalized spacial score (nSPS) is 19.9. The van der Waals surface area contributed by atoms with Crippen molar-refractivity contribution in [3.8, 4) is 0 Å². The van der Waals surface area contributed by atoms with Gasteiger partial charge in [-0.2, -0.15) is 0 Å². The third-order valence-corrected chi connectivity index (χ3v) is 2.92. The molecule has 2 amide bonds. The van der Waals surface area contributed by atoms with E-state index in [1.54, 1.807) is 29.2 Å².